The molecule has 3 heterocycles. The number of benzene rings is 2. The third-order valence-corrected chi connectivity index (χ3v) is 7.90. The predicted molar refractivity (Wildman–Crippen MR) is 149 cm³/mol. The van der Waals surface area contributed by atoms with Crippen LogP contribution in [0.1, 0.15) is 49.2 Å². The fraction of sp³-hybridized carbons (Fsp3) is 0.241. The van der Waals surface area contributed by atoms with Crippen LogP contribution in [-0.4, -0.2) is 16.2 Å². The van der Waals surface area contributed by atoms with Gasteiger partial charge in [0.15, 0.2) is 5.11 Å². The molecule has 0 radical (unpaired) electrons. The van der Waals surface area contributed by atoms with Crippen LogP contribution in [0.25, 0.3) is 11.3 Å². The van der Waals surface area contributed by atoms with Crippen LogP contribution in [0.3, 0.4) is 0 Å². The van der Waals surface area contributed by atoms with Crippen molar-refractivity contribution in [1.29, 1.82) is 0 Å². The lowest BCUT2D eigenvalue weighted by atomic mass is 10.0. The number of anilines is 1. The summed E-state index contributed by atoms with van der Waals surface area (Å²) in [6.07, 6.45) is 6.76. The fourth-order valence-electron chi connectivity index (χ4n) is 5.15. The van der Waals surface area contributed by atoms with Gasteiger partial charge in [-0.05, 0) is 121 Å². The number of rotatable bonds is 6. The number of aromatic nitrogens is 1. The first kappa shape index (κ1) is 24.1. The molecule has 6 rings (SSSR count). The summed E-state index contributed by atoms with van der Waals surface area (Å²) in [6.45, 7) is 0. The van der Waals surface area contributed by atoms with Gasteiger partial charge in [-0.1, -0.05) is 6.07 Å². The highest BCUT2D eigenvalue weighted by Gasteiger charge is 2.42. The maximum Gasteiger partial charge on any atom is 0.174 e. The SMILES string of the molecule is Fc1ccc(-c2ccc([C@H]3[C@H](c4ccccn4)NC(=S)N3c3ccc(OC4CCCC4)cc3)o2)c(Br)c1. The average molecular weight is 579 g/mol. The molecular weight excluding hydrogens is 553 g/mol. The molecule has 1 N–H and O–H groups in total. The lowest BCUT2D eigenvalue weighted by molar-refractivity contribution is 0.210. The average Bonchev–Trinajstić information content (AvgIpc) is 3.66. The van der Waals surface area contributed by atoms with Gasteiger partial charge in [0.25, 0.3) is 0 Å². The summed E-state index contributed by atoms with van der Waals surface area (Å²) in [4.78, 5) is 6.67. The lowest BCUT2D eigenvalue weighted by Crippen LogP contribution is -2.29. The zero-order valence-corrected chi connectivity index (χ0v) is 22.3. The Morgan fingerprint density at radius 1 is 1.03 bits per heavy atom. The zero-order chi connectivity index (χ0) is 25.4. The Labute approximate surface area is 228 Å². The van der Waals surface area contributed by atoms with E-state index in [0.717, 1.165) is 41.3 Å². The second-order valence-corrected chi connectivity index (χ2v) is 10.6. The highest BCUT2D eigenvalue weighted by Crippen LogP contribution is 2.44. The maximum atomic E-state index is 13.7. The Balaban J connectivity index is 1.36. The monoisotopic (exact) mass is 577 g/mol. The second-order valence-electron chi connectivity index (χ2n) is 9.34. The Morgan fingerprint density at radius 2 is 1.84 bits per heavy atom. The molecule has 188 valence electrons. The van der Waals surface area contributed by atoms with Crippen molar-refractivity contribution in [2.24, 2.45) is 0 Å². The van der Waals surface area contributed by atoms with Gasteiger partial charge in [0.1, 0.15) is 29.1 Å². The molecular formula is C29H25BrFN3O2S. The van der Waals surface area contributed by atoms with E-state index in [0.29, 0.717) is 21.4 Å². The summed E-state index contributed by atoms with van der Waals surface area (Å²) >= 11 is 9.28. The molecule has 1 saturated carbocycles. The predicted octanol–water partition coefficient (Wildman–Crippen LogP) is 7.74. The zero-order valence-electron chi connectivity index (χ0n) is 19.9. The summed E-state index contributed by atoms with van der Waals surface area (Å²) in [5.41, 5.74) is 2.57. The molecule has 1 saturated heterocycles. The Bertz CT molecular complexity index is 1410. The number of thiocarbonyl (C=S) groups is 1. The van der Waals surface area contributed by atoms with Gasteiger partial charge < -0.3 is 19.4 Å². The van der Waals surface area contributed by atoms with E-state index >= 15 is 0 Å². The Morgan fingerprint density at radius 3 is 2.57 bits per heavy atom. The molecule has 4 aromatic rings. The third-order valence-electron chi connectivity index (χ3n) is 6.93. The number of pyridine rings is 1. The minimum atomic E-state index is -0.311. The highest BCUT2D eigenvalue weighted by molar-refractivity contribution is 9.10. The van der Waals surface area contributed by atoms with E-state index in [4.69, 9.17) is 21.4 Å². The van der Waals surface area contributed by atoms with Crippen molar-refractivity contribution < 1.29 is 13.5 Å². The minimum Gasteiger partial charge on any atom is -0.490 e. The van der Waals surface area contributed by atoms with E-state index in [2.05, 4.69) is 31.1 Å². The largest absolute Gasteiger partial charge is 0.490 e. The summed E-state index contributed by atoms with van der Waals surface area (Å²) in [6, 6.07) is 21.8. The molecule has 37 heavy (non-hydrogen) atoms. The highest BCUT2D eigenvalue weighted by atomic mass is 79.9. The molecule has 8 heteroatoms. The van der Waals surface area contributed by atoms with Gasteiger partial charge in [0, 0.05) is 21.9 Å². The van der Waals surface area contributed by atoms with Gasteiger partial charge in [-0.25, -0.2) is 4.39 Å². The van der Waals surface area contributed by atoms with Crippen LogP contribution in [0.4, 0.5) is 10.1 Å². The van der Waals surface area contributed by atoms with Gasteiger partial charge in [0.05, 0.1) is 17.8 Å². The quantitative estimate of drug-likeness (QED) is 0.236. The standard InChI is InChI=1S/C29H25BrFN3O2S/c30-23-17-18(31)8-13-22(23)25-14-15-26(36-25)28-27(24-7-3-4-16-32-24)33-29(37)34(28)19-9-11-21(12-10-19)35-20-5-1-2-6-20/h3-4,7-17,20,27-28H,1-2,5-6H2,(H,33,37)/t27-,28-/m0/s1. The minimum absolute atomic E-state index is 0.223. The van der Waals surface area contributed by atoms with Crippen LogP contribution < -0.4 is 15.0 Å². The Hall–Kier alpha value is -3.23. The normalized spacial score (nSPS) is 19.8. The summed E-state index contributed by atoms with van der Waals surface area (Å²) in [5.74, 6) is 1.92. The van der Waals surface area contributed by atoms with E-state index in [1.54, 1.807) is 12.3 Å². The number of furan rings is 1. The van der Waals surface area contributed by atoms with Gasteiger partial charge in [-0.3, -0.25) is 4.98 Å². The topological polar surface area (TPSA) is 50.5 Å². The van der Waals surface area contributed by atoms with Crippen molar-refractivity contribution in [3.63, 3.8) is 0 Å². The summed E-state index contributed by atoms with van der Waals surface area (Å²) in [7, 11) is 0. The van der Waals surface area contributed by atoms with Crippen LogP contribution in [0, 0.1) is 5.82 Å². The summed E-state index contributed by atoms with van der Waals surface area (Å²) < 4.78 is 26.9. The molecule has 0 amide bonds. The molecule has 2 atom stereocenters. The molecule has 1 aliphatic carbocycles. The van der Waals surface area contributed by atoms with Crippen molar-refractivity contribution in [3.8, 4) is 17.1 Å². The van der Waals surface area contributed by atoms with Crippen molar-refractivity contribution in [2.45, 2.75) is 43.9 Å². The number of hydrogen-bond acceptors (Lipinski definition) is 4. The van der Waals surface area contributed by atoms with Crippen molar-refractivity contribution in [1.82, 2.24) is 10.3 Å². The second kappa shape index (κ2) is 10.3. The smallest absolute Gasteiger partial charge is 0.174 e. The number of nitrogens with zero attached hydrogens (tertiary/aromatic N) is 2. The van der Waals surface area contributed by atoms with Crippen LogP contribution in [-0.2, 0) is 0 Å². The van der Waals surface area contributed by atoms with E-state index in [-0.39, 0.29) is 17.9 Å². The fourth-order valence-corrected chi connectivity index (χ4v) is 6.04. The van der Waals surface area contributed by atoms with E-state index in [1.807, 2.05) is 54.6 Å². The van der Waals surface area contributed by atoms with Gasteiger partial charge in [-0.2, -0.15) is 0 Å². The number of halogens is 2. The molecule has 1 aliphatic heterocycles. The van der Waals surface area contributed by atoms with Crippen molar-refractivity contribution in [2.75, 3.05) is 4.90 Å². The maximum absolute atomic E-state index is 13.7. The molecule has 0 unspecified atom stereocenters. The van der Waals surface area contributed by atoms with Gasteiger partial charge in [-0.15, -0.1) is 0 Å². The van der Waals surface area contributed by atoms with Gasteiger partial charge >= 0.3 is 0 Å². The van der Waals surface area contributed by atoms with Gasteiger partial charge in [0.2, 0.25) is 0 Å². The van der Waals surface area contributed by atoms with E-state index in [9.17, 15) is 4.39 Å². The van der Waals surface area contributed by atoms with Crippen LogP contribution in [0.2, 0.25) is 0 Å². The van der Waals surface area contributed by atoms with Crippen LogP contribution in [0.15, 0.2) is 87.9 Å². The molecule has 2 fully saturated rings. The number of nitrogens with one attached hydrogen (secondary N) is 1. The first-order valence-corrected chi connectivity index (χ1v) is 13.6. The van der Waals surface area contributed by atoms with Crippen molar-refractivity contribution in [3.05, 3.63) is 101 Å². The van der Waals surface area contributed by atoms with E-state index in [1.165, 1.54) is 25.0 Å². The number of ether oxygens (including phenoxy) is 1. The lowest BCUT2D eigenvalue weighted by Gasteiger charge is -2.26. The molecule has 2 aromatic carbocycles. The molecule has 0 bridgehead atoms. The van der Waals surface area contributed by atoms with Crippen LogP contribution in [0.5, 0.6) is 5.75 Å². The van der Waals surface area contributed by atoms with Crippen molar-refractivity contribution >= 4 is 38.9 Å². The number of hydrogen-bond donors (Lipinski definition) is 1. The Kier molecular flexibility index (Phi) is 6.69. The summed E-state index contributed by atoms with van der Waals surface area (Å²) in [5, 5.41) is 4.04. The first-order valence-electron chi connectivity index (χ1n) is 12.4. The first-order chi connectivity index (χ1) is 18.1. The molecule has 2 aliphatic rings. The molecule has 0 spiro atoms. The molecule has 2 aromatic heterocycles. The third kappa shape index (κ3) is 4.88. The van der Waals surface area contributed by atoms with Crippen LogP contribution >= 0.6 is 28.1 Å². The van der Waals surface area contributed by atoms with E-state index < -0.39 is 0 Å². The molecule has 5 nitrogen and oxygen atoms in total.